The molecule has 0 radical (unpaired) electrons. The van der Waals surface area contributed by atoms with Gasteiger partial charge in [0.1, 0.15) is 28.9 Å². The molecule has 0 bridgehead atoms. The number of rotatable bonds is 10. The van der Waals surface area contributed by atoms with Crippen molar-refractivity contribution in [3.05, 3.63) is 77.3 Å². The SMILES string of the molecule is CCOc1cc(/C=C(\C#N)C(=O)NCc2ccco2)ccc1OC(=O)c1cc(OC)cc(OC)c1. The highest BCUT2D eigenvalue weighted by atomic mass is 16.6. The highest BCUT2D eigenvalue weighted by Gasteiger charge is 2.16. The standard InChI is InChI=1S/C26H24N2O7/c1-4-33-24-11-17(10-19(15-27)25(29)28-16-20-6-5-9-34-20)7-8-23(24)35-26(30)18-12-21(31-2)14-22(13-18)32-3/h5-14H,4,16H2,1-3H3,(H,28,29)/b19-10+. The number of amides is 1. The molecule has 9 nitrogen and oxygen atoms in total. The lowest BCUT2D eigenvalue weighted by atomic mass is 10.1. The lowest BCUT2D eigenvalue weighted by molar-refractivity contribution is -0.117. The molecule has 0 saturated carbocycles. The van der Waals surface area contributed by atoms with E-state index in [1.54, 1.807) is 37.3 Å². The van der Waals surface area contributed by atoms with Gasteiger partial charge in [-0.3, -0.25) is 4.79 Å². The van der Waals surface area contributed by atoms with Gasteiger partial charge in [0.15, 0.2) is 11.5 Å². The van der Waals surface area contributed by atoms with E-state index >= 15 is 0 Å². The molecule has 35 heavy (non-hydrogen) atoms. The Morgan fingerprint density at radius 1 is 1.06 bits per heavy atom. The van der Waals surface area contributed by atoms with Crippen molar-refractivity contribution >= 4 is 18.0 Å². The van der Waals surface area contributed by atoms with E-state index in [-0.39, 0.29) is 29.2 Å². The Hall–Kier alpha value is -4.71. The fraction of sp³-hybridized carbons (Fsp3) is 0.192. The van der Waals surface area contributed by atoms with Gasteiger partial charge < -0.3 is 28.7 Å². The number of hydrogen-bond acceptors (Lipinski definition) is 8. The zero-order valence-corrected chi connectivity index (χ0v) is 19.5. The molecule has 1 N–H and O–H groups in total. The van der Waals surface area contributed by atoms with Crippen molar-refractivity contribution in [2.24, 2.45) is 0 Å². The van der Waals surface area contributed by atoms with Crippen LogP contribution in [0.2, 0.25) is 0 Å². The van der Waals surface area contributed by atoms with E-state index in [0.29, 0.717) is 29.4 Å². The molecule has 1 amide bonds. The summed E-state index contributed by atoms with van der Waals surface area (Å²) in [7, 11) is 2.96. The third-order valence-electron chi connectivity index (χ3n) is 4.74. The molecule has 0 atom stereocenters. The normalized spacial score (nSPS) is 10.7. The number of furan rings is 1. The van der Waals surface area contributed by atoms with Crippen molar-refractivity contribution in [1.82, 2.24) is 5.32 Å². The monoisotopic (exact) mass is 476 g/mol. The summed E-state index contributed by atoms with van der Waals surface area (Å²) in [5.74, 6) is 0.710. The van der Waals surface area contributed by atoms with Crippen LogP contribution in [0.3, 0.4) is 0 Å². The minimum absolute atomic E-state index is 0.104. The molecule has 0 unspecified atom stereocenters. The number of ether oxygens (including phenoxy) is 4. The number of carbonyl (C=O) groups excluding carboxylic acids is 2. The first-order chi connectivity index (χ1) is 17.0. The van der Waals surface area contributed by atoms with Crippen molar-refractivity contribution in [2.75, 3.05) is 20.8 Å². The van der Waals surface area contributed by atoms with Crippen LogP contribution in [0.1, 0.15) is 28.6 Å². The van der Waals surface area contributed by atoms with Crippen LogP contribution < -0.4 is 24.3 Å². The average molecular weight is 476 g/mol. The van der Waals surface area contributed by atoms with Crippen molar-refractivity contribution < 1.29 is 33.0 Å². The van der Waals surface area contributed by atoms with E-state index in [0.717, 1.165) is 0 Å². The average Bonchev–Trinajstić information content (AvgIpc) is 3.40. The smallest absolute Gasteiger partial charge is 0.343 e. The first-order valence-corrected chi connectivity index (χ1v) is 10.6. The van der Waals surface area contributed by atoms with Gasteiger partial charge in [0.2, 0.25) is 0 Å². The molecule has 3 rings (SSSR count). The number of carbonyl (C=O) groups is 2. The van der Waals surface area contributed by atoms with Gasteiger partial charge in [-0.25, -0.2) is 4.79 Å². The van der Waals surface area contributed by atoms with E-state index in [1.807, 2.05) is 6.07 Å². The van der Waals surface area contributed by atoms with Gasteiger partial charge in [0, 0.05) is 6.07 Å². The second-order valence-electron chi connectivity index (χ2n) is 7.06. The van der Waals surface area contributed by atoms with Gasteiger partial charge in [-0.05, 0) is 55.0 Å². The van der Waals surface area contributed by atoms with Crippen molar-refractivity contribution in [2.45, 2.75) is 13.5 Å². The van der Waals surface area contributed by atoms with E-state index < -0.39 is 11.9 Å². The summed E-state index contributed by atoms with van der Waals surface area (Å²) in [5, 5.41) is 12.1. The third kappa shape index (κ3) is 6.65. The van der Waals surface area contributed by atoms with Crippen LogP contribution in [0.4, 0.5) is 0 Å². The van der Waals surface area contributed by atoms with Crippen LogP contribution in [-0.4, -0.2) is 32.7 Å². The zero-order valence-electron chi connectivity index (χ0n) is 19.5. The van der Waals surface area contributed by atoms with E-state index in [9.17, 15) is 14.9 Å². The number of methoxy groups -OCH3 is 2. The second-order valence-corrected chi connectivity index (χ2v) is 7.06. The molecule has 9 heteroatoms. The molecule has 180 valence electrons. The van der Waals surface area contributed by atoms with Crippen LogP contribution in [0.5, 0.6) is 23.0 Å². The summed E-state index contributed by atoms with van der Waals surface area (Å²) in [6.45, 7) is 2.24. The van der Waals surface area contributed by atoms with Crippen molar-refractivity contribution in [3.63, 3.8) is 0 Å². The molecule has 0 spiro atoms. The van der Waals surface area contributed by atoms with Gasteiger partial charge >= 0.3 is 5.97 Å². The van der Waals surface area contributed by atoms with Gasteiger partial charge in [0.25, 0.3) is 5.91 Å². The largest absolute Gasteiger partial charge is 0.497 e. The fourth-order valence-electron chi connectivity index (χ4n) is 3.04. The van der Waals surface area contributed by atoms with E-state index in [1.165, 1.54) is 44.8 Å². The van der Waals surface area contributed by atoms with Crippen LogP contribution in [0, 0.1) is 11.3 Å². The Kier molecular flexibility index (Phi) is 8.51. The number of esters is 1. The van der Waals surface area contributed by atoms with Crippen molar-refractivity contribution in [1.29, 1.82) is 5.26 Å². The van der Waals surface area contributed by atoms with Crippen molar-refractivity contribution in [3.8, 4) is 29.1 Å². The maximum atomic E-state index is 12.8. The molecular weight excluding hydrogens is 452 g/mol. The Labute approximate surface area is 202 Å². The number of hydrogen-bond donors (Lipinski definition) is 1. The molecule has 3 aromatic rings. The van der Waals surface area contributed by atoms with Gasteiger partial charge in [-0.1, -0.05) is 6.07 Å². The lowest BCUT2D eigenvalue weighted by Crippen LogP contribution is -2.23. The minimum atomic E-state index is -0.638. The minimum Gasteiger partial charge on any atom is -0.497 e. The van der Waals surface area contributed by atoms with Gasteiger partial charge in [0.05, 0.1) is 39.2 Å². The third-order valence-corrected chi connectivity index (χ3v) is 4.74. The molecule has 2 aromatic carbocycles. The maximum absolute atomic E-state index is 12.8. The maximum Gasteiger partial charge on any atom is 0.343 e. The Morgan fingerprint density at radius 3 is 2.40 bits per heavy atom. The second kappa shape index (κ2) is 12.0. The van der Waals surface area contributed by atoms with Gasteiger partial charge in [-0.15, -0.1) is 0 Å². The summed E-state index contributed by atoms with van der Waals surface area (Å²) in [4.78, 5) is 25.2. The number of nitriles is 1. The molecule has 1 aromatic heterocycles. The predicted molar refractivity (Wildman–Crippen MR) is 126 cm³/mol. The predicted octanol–water partition coefficient (Wildman–Crippen LogP) is 4.14. The van der Waals surface area contributed by atoms with Crippen LogP contribution in [0.25, 0.3) is 6.08 Å². The molecule has 0 fully saturated rings. The molecule has 0 aliphatic heterocycles. The van der Waals surface area contributed by atoms with E-state index in [2.05, 4.69) is 5.32 Å². The lowest BCUT2D eigenvalue weighted by Gasteiger charge is -2.13. The number of nitrogens with zero attached hydrogens (tertiary/aromatic N) is 1. The summed E-state index contributed by atoms with van der Waals surface area (Å²) < 4.78 is 26.7. The Balaban J connectivity index is 1.80. The molecule has 1 heterocycles. The highest BCUT2D eigenvalue weighted by molar-refractivity contribution is 6.01. The first kappa shape index (κ1) is 24.9. The van der Waals surface area contributed by atoms with Crippen LogP contribution in [0.15, 0.2) is 64.8 Å². The fourth-order valence-corrected chi connectivity index (χ4v) is 3.04. The Bertz CT molecular complexity index is 1230. The quantitative estimate of drug-likeness (QED) is 0.201. The highest BCUT2D eigenvalue weighted by Crippen LogP contribution is 2.31. The topological polar surface area (TPSA) is 120 Å². The summed E-state index contributed by atoms with van der Waals surface area (Å²) in [5.41, 5.74) is 0.640. The van der Waals surface area contributed by atoms with E-state index in [4.69, 9.17) is 23.4 Å². The number of nitrogens with one attached hydrogen (secondary N) is 1. The first-order valence-electron chi connectivity index (χ1n) is 10.6. The molecule has 0 saturated heterocycles. The summed E-state index contributed by atoms with van der Waals surface area (Å²) in [6.07, 6.45) is 2.91. The molecular formula is C26H24N2O7. The zero-order chi connectivity index (χ0) is 25.2. The van der Waals surface area contributed by atoms with Gasteiger partial charge in [-0.2, -0.15) is 5.26 Å². The molecule has 0 aliphatic rings. The Morgan fingerprint density at radius 2 is 1.80 bits per heavy atom. The summed E-state index contributed by atoms with van der Waals surface area (Å²) in [6, 6.07) is 14.7. The van der Waals surface area contributed by atoms with Crippen LogP contribution in [-0.2, 0) is 11.3 Å². The van der Waals surface area contributed by atoms with Crippen LogP contribution >= 0.6 is 0 Å². The molecule has 0 aliphatic carbocycles. The number of benzene rings is 2. The summed E-state index contributed by atoms with van der Waals surface area (Å²) >= 11 is 0.